The highest BCUT2D eigenvalue weighted by Crippen LogP contribution is 2.22. The first kappa shape index (κ1) is 11.5. The molecule has 4 nitrogen and oxygen atoms in total. The molecule has 1 aromatic rings. The highest BCUT2D eigenvalue weighted by atomic mass is 35.5. The smallest absolute Gasteiger partial charge is 0.222 e. The van der Waals surface area contributed by atoms with Gasteiger partial charge in [-0.3, -0.25) is 5.43 Å². The molecular weight excluding hydrogens is 270 g/mol. The molecule has 0 saturated heterocycles. The van der Waals surface area contributed by atoms with E-state index in [4.69, 9.17) is 34.8 Å². The number of anilines is 1. The van der Waals surface area contributed by atoms with Gasteiger partial charge in [-0.15, -0.1) is 0 Å². The van der Waals surface area contributed by atoms with Gasteiger partial charge < -0.3 is 0 Å². The van der Waals surface area contributed by atoms with Crippen LogP contribution in [0.25, 0.3) is 0 Å². The summed E-state index contributed by atoms with van der Waals surface area (Å²) in [6, 6.07) is 7.28. The number of benzene rings is 1. The number of hydrogen-bond acceptors (Lipinski definition) is 4. The second-order valence-corrected chi connectivity index (χ2v) is 4.09. The van der Waals surface area contributed by atoms with Gasteiger partial charge in [0.1, 0.15) is 6.34 Å². The number of aliphatic imine (C=N–C) groups is 2. The van der Waals surface area contributed by atoms with Gasteiger partial charge >= 0.3 is 0 Å². The molecule has 0 spiro atoms. The lowest BCUT2D eigenvalue weighted by Gasteiger charge is -2.26. The first-order chi connectivity index (χ1) is 7.66. The van der Waals surface area contributed by atoms with Crippen LogP contribution >= 0.6 is 34.8 Å². The van der Waals surface area contributed by atoms with Gasteiger partial charge in [-0.1, -0.05) is 35.3 Å². The quantitative estimate of drug-likeness (QED) is 0.666. The molecule has 1 heterocycles. The largest absolute Gasteiger partial charge is 0.293 e. The Balaban J connectivity index is 2.12. The zero-order chi connectivity index (χ0) is 11.5. The van der Waals surface area contributed by atoms with Crippen molar-refractivity contribution >= 4 is 52.1 Å². The predicted octanol–water partition coefficient (Wildman–Crippen LogP) is 3.13. The molecule has 1 aliphatic heterocycles. The van der Waals surface area contributed by atoms with Crippen molar-refractivity contribution in [3.8, 4) is 0 Å². The summed E-state index contributed by atoms with van der Waals surface area (Å²) in [6.45, 7) is 0. The summed E-state index contributed by atoms with van der Waals surface area (Å²) in [6.07, 6.45) is 1.45. The number of para-hydroxylation sites is 1. The lowest BCUT2D eigenvalue weighted by Crippen LogP contribution is -2.37. The van der Waals surface area contributed by atoms with E-state index in [1.54, 1.807) is 6.07 Å². The maximum atomic E-state index is 5.98. The van der Waals surface area contributed by atoms with Gasteiger partial charge in [0.2, 0.25) is 10.9 Å². The summed E-state index contributed by atoms with van der Waals surface area (Å²) in [4.78, 5) is 7.67. The molecule has 1 N–H and O–H groups in total. The van der Waals surface area contributed by atoms with Gasteiger partial charge in [0, 0.05) is 0 Å². The fraction of sp³-hybridized carbons (Fsp3) is 0.111. The molecule has 1 aromatic carbocycles. The minimum atomic E-state index is -0.652. The lowest BCUT2D eigenvalue weighted by molar-refractivity contribution is 0.479. The van der Waals surface area contributed by atoms with E-state index in [2.05, 4.69) is 15.4 Å². The van der Waals surface area contributed by atoms with Crippen LogP contribution in [0, 0.1) is 0 Å². The van der Waals surface area contributed by atoms with Crippen LogP contribution in [0.5, 0.6) is 0 Å². The minimum Gasteiger partial charge on any atom is -0.293 e. The average molecular weight is 278 g/mol. The van der Waals surface area contributed by atoms with Gasteiger partial charge in [-0.25, -0.2) is 15.0 Å². The van der Waals surface area contributed by atoms with Crippen LogP contribution in [-0.2, 0) is 0 Å². The second-order valence-electron chi connectivity index (χ2n) is 2.95. The highest BCUT2D eigenvalue weighted by molar-refractivity contribution is 6.65. The number of alkyl halides is 1. The van der Waals surface area contributed by atoms with Crippen LogP contribution in [0.15, 0.2) is 34.3 Å². The first-order valence-electron chi connectivity index (χ1n) is 4.38. The number of rotatable bonds is 2. The summed E-state index contributed by atoms with van der Waals surface area (Å²) >= 11 is 17.5. The third-order valence-corrected chi connectivity index (χ3v) is 2.69. The van der Waals surface area contributed by atoms with Gasteiger partial charge in [0.05, 0.1) is 10.7 Å². The molecular formula is C9H7Cl3N4. The van der Waals surface area contributed by atoms with E-state index in [9.17, 15) is 0 Å². The number of nitrogens with one attached hydrogen (secondary N) is 1. The van der Waals surface area contributed by atoms with Crippen LogP contribution in [0.1, 0.15) is 0 Å². The lowest BCUT2D eigenvalue weighted by atomic mass is 10.3. The first-order valence-corrected chi connectivity index (χ1v) is 5.57. The molecule has 2 rings (SSSR count). The Morgan fingerprint density at radius 3 is 2.69 bits per heavy atom. The fourth-order valence-electron chi connectivity index (χ4n) is 1.12. The van der Waals surface area contributed by atoms with Gasteiger partial charge in [0.15, 0.2) is 0 Å². The number of amidine groups is 1. The molecule has 0 saturated carbocycles. The van der Waals surface area contributed by atoms with E-state index in [-0.39, 0.29) is 5.29 Å². The second kappa shape index (κ2) is 4.91. The van der Waals surface area contributed by atoms with Crippen LogP contribution in [0.4, 0.5) is 5.69 Å². The summed E-state index contributed by atoms with van der Waals surface area (Å²) in [7, 11) is 0. The third kappa shape index (κ3) is 2.58. The van der Waals surface area contributed by atoms with Crippen molar-refractivity contribution in [3.05, 3.63) is 29.3 Å². The zero-order valence-electron chi connectivity index (χ0n) is 7.94. The normalized spacial score (nSPS) is 19.6. The van der Waals surface area contributed by atoms with E-state index in [1.165, 1.54) is 11.3 Å². The van der Waals surface area contributed by atoms with Crippen molar-refractivity contribution in [2.24, 2.45) is 9.98 Å². The van der Waals surface area contributed by atoms with Crippen LogP contribution in [0.3, 0.4) is 0 Å². The molecule has 0 radical (unpaired) electrons. The highest BCUT2D eigenvalue weighted by Gasteiger charge is 2.16. The SMILES string of the molecule is ClC1=NC(Cl)N(Nc2ccccc2Cl)C=N1. The number of halogens is 3. The number of nitrogens with zero attached hydrogens (tertiary/aromatic N) is 3. The van der Waals surface area contributed by atoms with Gasteiger partial charge in [-0.05, 0) is 23.7 Å². The van der Waals surface area contributed by atoms with Crippen molar-refractivity contribution in [1.29, 1.82) is 0 Å². The predicted molar refractivity (Wildman–Crippen MR) is 68.3 cm³/mol. The maximum absolute atomic E-state index is 5.98. The molecule has 84 valence electrons. The summed E-state index contributed by atoms with van der Waals surface area (Å²) < 4.78 is 0. The van der Waals surface area contributed by atoms with Crippen LogP contribution in [-0.4, -0.2) is 22.3 Å². The van der Waals surface area contributed by atoms with Crippen molar-refractivity contribution in [3.63, 3.8) is 0 Å². The van der Waals surface area contributed by atoms with Crippen molar-refractivity contribution in [1.82, 2.24) is 5.01 Å². The zero-order valence-corrected chi connectivity index (χ0v) is 10.2. The Morgan fingerprint density at radius 2 is 2.00 bits per heavy atom. The van der Waals surface area contributed by atoms with E-state index < -0.39 is 5.62 Å². The molecule has 7 heteroatoms. The molecule has 0 amide bonds. The Bertz CT molecular complexity index is 446. The molecule has 1 unspecified atom stereocenters. The Labute approximate surface area is 108 Å². The molecule has 0 aromatic heterocycles. The number of hydrogen-bond donors (Lipinski definition) is 1. The van der Waals surface area contributed by atoms with Crippen LogP contribution in [0.2, 0.25) is 5.02 Å². The Morgan fingerprint density at radius 1 is 1.25 bits per heavy atom. The van der Waals surface area contributed by atoms with Gasteiger partial charge in [-0.2, -0.15) is 0 Å². The average Bonchev–Trinajstić information content (AvgIpc) is 2.25. The summed E-state index contributed by atoms with van der Waals surface area (Å²) in [5.74, 6) is 0. The molecule has 0 aliphatic carbocycles. The Kier molecular flexibility index (Phi) is 3.53. The van der Waals surface area contributed by atoms with Crippen molar-refractivity contribution < 1.29 is 0 Å². The summed E-state index contributed by atoms with van der Waals surface area (Å²) in [5.41, 5.74) is 3.04. The van der Waals surface area contributed by atoms with E-state index in [0.717, 1.165) is 5.69 Å². The molecule has 0 fully saturated rings. The standard InChI is InChI=1S/C9H7Cl3N4/c10-6-3-1-2-4-7(6)15-16-5-13-8(11)14-9(16)12/h1-5,9,15H. The topological polar surface area (TPSA) is 40.0 Å². The fourth-order valence-corrected chi connectivity index (χ4v) is 1.68. The molecule has 0 bridgehead atoms. The third-order valence-electron chi connectivity index (χ3n) is 1.85. The monoisotopic (exact) mass is 276 g/mol. The summed E-state index contributed by atoms with van der Waals surface area (Å²) in [5, 5.41) is 2.20. The minimum absolute atomic E-state index is 0.122. The maximum Gasteiger partial charge on any atom is 0.222 e. The Hall–Kier alpha value is -0.970. The molecule has 1 atom stereocenters. The van der Waals surface area contributed by atoms with E-state index in [0.29, 0.717) is 5.02 Å². The van der Waals surface area contributed by atoms with Crippen molar-refractivity contribution in [2.45, 2.75) is 5.62 Å². The van der Waals surface area contributed by atoms with E-state index >= 15 is 0 Å². The van der Waals surface area contributed by atoms with Gasteiger partial charge in [0.25, 0.3) is 0 Å². The van der Waals surface area contributed by atoms with E-state index in [1.807, 2.05) is 18.2 Å². The number of hydrazine groups is 1. The molecule has 16 heavy (non-hydrogen) atoms. The van der Waals surface area contributed by atoms with Crippen molar-refractivity contribution in [2.75, 3.05) is 5.43 Å². The van der Waals surface area contributed by atoms with Crippen LogP contribution < -0.4 is 5.43 Å². The molecule has 1 aliphatic rings.